The van der Waals surface area contributed by atoms with Crippen molar-refractivity contribution in [3.05, 3.63) is 6.42 Å². The van der Waals surface area contributed by atoms with Gasteiger partial charge >= 0.3 is 0 Å². The molecule has 1 heterocycles. The average molecular weight is 226 g/mol. The summed E-state index contributed by atoms with van der Waals surface area (Å²) in [5.41, 5.74) is 0. The standard InChI is InChI=1S/C7H14BN2.Y/c1-9(2)7-3-5-10(8)6-4-7;/h3,7H,4-6H2,1-2H3;/q-1;. The van der Waals surface area contributed by atoms with Crippen molar-refractivity contribution in [2.24, 2.45) is 0 Å². The Kier molecular flexibility index (Phi) is 6.25. The molecule has 0 saturated carbocycles. The molecule has 0 aromatic heterocycles. The fraction of sp³-hybridized carbons (Fsp3) is 0.857. The van der Waals surface area contributed by atoms with Crippen LogP contribution >= 0.6 is 0 Å². The maximum Gasteiger partial charge on any atom is 0.178 e. The summed E-state index contributed by atoms with van der Waals surface area (Å²) in [6.07, 6.45) is 3.41. The third-order valence-corrected chi connectivity index (χ3v) is 1.99. The van der Waals surface area contributed by atoms with Crippen molar-refractivity contribution < 1.29 is 32.7 Å². The maximum absolute atomic E-state index is 5.58. The van der Waals surface area contributed by atoms with Crippen LogP contribution in [-0.4, -0.2) is 50.9 Å². The first-order valence-electron chi connectivity index (χ1n) is 3.69. The molecule has 59 valence electrons. The van der Waals surface area contributed by atoms with Crippen LogP contribution in [0.15, 0.2) is 0 Å². The van der Waals surface area contributed by atoms with Crippen molar-refractivity contribution in [3.8, 4) is 0 Å². The number of piperidine rings is 1. The van der Waals surface area contributed by atoms with Crippen LogP contribution in [0.4, 0.5) is 0 Å². The van der Waals surface area contributed by atoms with E-state index in [1.54, 1.807) is 0 Å². The Bertz CT molecular complexity index is 103. The van der Waals surface area contributed by atoms with E-state index in [1.807, 2.05) is 4.81 Å². The van der Waals surface area contributed by atoms with E-state index >= 15 is 0 Å². The second kappa shape index (κ2) is 5.69. The fourth-order valence-electron chi connectivity index (χ4n) is 1.23. The van der Waals surface area contributed by atoms with Crippen LogP contribution in [-0.2, 0) is 32.7 Å². The fourth-order valence-corrected chi connectivity index (χ4v) is 1.23. The molecular weight excluding hydrogens is 212 g/mol. The molecule has 0 aromatic carbocycles. The van der Waals surface area contributed by atoms with Crippen molar-refractivity contribution in [2.45, 2.75) is 12.5 Å². The van der Waals surface area contributed by atoms with Crippen LogP contribution in [0.1, 0.15) is 6.42 Å². The molecule has 3 radical (unpaired) electrons. The van der Waals surface area contributed by atoms with E-state index in [-0.39, 0.29) is 32.7 Å². The molecule has 0 N–H and O–H groups in total. The molecule has 0 amide bonds. The Morgan fingerprint density at radius 2 is 2.18 bits per heavy atom. The summed E-state index contributed by atoms with van der Waals surface area (Å²) in [6, 6.07) is 0.625. The van der Waals surface area contributed by atoms with Gasteiger partial charge in [0.1, 0.15) is 0 Å². The summed E-state index contributed by atoms with van der Waals surface area (Å²) in [5.74, 6) is 0. The van der Waals surface area contributed by atoms with Crippen molar-refractivity contribution in [1.82, 2.24) is 9.71 Å². The molecule has 11 heavy (non-hydrogen) atoms. The Labute approximate surface area is 96.0 Å². The predicted octanol–water partition coefficient (Wildman–Crippen LogP) is -0.0924. The minimum Gasteiger partial charge on any atom is -0.381 e. The first-order chi connectivity index (χ1) is 4.70. The Hall–Kier alpha value is 1.09. The molecule has 1 atom stereocenters. The molecule has 1 aliphatic rings. The van der Waals surface area contributed by atoms with E-state index in [2.05, 4.69) is 25.4 Å². The summed E-state index contributed by atoms with van der Waals surface area (Å²) >= 11 is 0. The summed E-state index contributed by atoms with van der Waals surface area (Å²) in [7, 11) is 9.79. The normalized spacial score (nSPS) is 26.6. The minimum absolute atomic E-state index is 0. The third kappa shape index (κ3) is 4.02. The quantitative estimate of drug-likeness (QED) is 0.455. The molecule has 0 bridgehead atoms. The monoisotopic (exact) mass is 226 g/mol. The van der Waals surface area contributed by atoms with Gasteiger partial charge in [-0.15, -0.1) is 12.6 Å². The molecule has 1 unspecified atom stereocenters. The van der Waals surface area contributed by atoms with E-state index in [0.717, 1.165) is 19.5 Å². The van der Waals surface area contributed by atoms with Crippen molar-refractivity contribution in [2.75, 3.05) is 27.2 Å². The smallest absolute Gasteiger partial charge is 0.178 e. The average Bonchev–Trinajstić information content (AvgIpc) is 1.88. The van der Waals surface area contributed by atoms with E-state index in [1.165, 1.54) is 0 Å². The van der Waals surface area contributed by atoms with Crippen LogP contribution < -0.4 is 0 Å². The molecular formula is C7H14BN2Y-. The molecule has 0 aliphatic carbocycles. The van der Waals surface area contributed by atoms with Crippen molar-refractivity contribution in [3.63, 3.8) is 0 Å². The van der Waals surface area contributed by atoms with Crippen LogP contribution in [0, 0.1) is 6.42 Å². The Morgan fingerprint density at radius 3 is 2.55 bits per heavy atom. The molecule has 0 spiro atoms. The Balaban J connectivity index is 0.000001000. The molecule has 1 saturated heterocycles. The van der Waals surface area contributed by atoms with Crippen molar-refractivity contribution >= 4 is 7.98 Å². The van der Waals surface area contributed by atoms with Gasteiger partial charge in [0.2, 0.25) is 0 Å². The van der Waals surface area contributed by atoms with Gasteiger partial charge in [0, 0.05) is 32.7 Å². The van der Waals surface area contributed by atoms with E-state index < -0.39 is 0 Å². The number of hydrogen-bond donors (Lipinski definition) is 0. The molecule has 1 aliphatic heterocycles. The SMILES string of the molecule is [B]N1C[CH-]C(N(C)C)CC1.[Y]. The van der Waals surface area contributed by atoms with Gasteiger partial charge in [-0.05, 0) is 20.6 Å². The van der Waals surface area contributed by atoms with Gasteiger partial charge < -0.3 is 9.71 Å². The second-order valence-corrected chi connectivity index (χ2v) is 3.05. The third-order valence-electron chi connectivity index (χ3n) is 1.99. The Morgan fingerprint density at radius 1 is 1.55 bits per heavy atom. The van der Waals surface area contributed by atoms with Gasteiger partial charge in [-0.2, -0.15) is 0 Å². The minimum atomic E-state index is 0. The summed E-state index contributed by atoms with van der Waals surface area (Å²) in [4.78, 5) is 4.08. The van der Waals surface area contributed by atoms with E-state index in [4.69, 9.17) is 7.98 Å². The summed E-state index contributed by atoms with van der Waals surface area (Å²) in [6.45, 7) is 1.93. The molecule has 0 aromatic rings. The molecule has 4 heteroatoms. The predicted molar refractivity (Wildman–Crippen MR) is 43.7 cm³/mol. The van der Waals surface area contributed by atoms with Gasteiger partial charge in [-0.3, -0.25) is 6.42 Å². The van der Waals surface area contributed by atoms with Gasteiger partial charge in [0.15, 0.2) is 7.98 Å². The topological polar surface area (TPSA) is 6.48 Å². The summed E-state index contributed by atoms with van der Waals surface area (Å²) < 4.78 is 0. The largest absolute Gasteiger partial charge is 0.381 e. The molecule has 2 nitrogen and oxygen atoms in total. The zero-order chi connectivity index (χ0) is 7.56. The second-order valence-electron chi connectivity index (χ2n) is 3.05. The van der Waals surface area contributed by atoms with E-state index in [9.17, 15) is 0 Å². The summed E-state index contributed by atoms with van der Waals surface area (Å²) in [5, 5.41) is 0. The first-order valence-corrected chi connectivity index (χ1v) is 3.69. The van der Waals surface area contributed by atoms with Crippen LogP contribution in [0.25, 0.3) is 0 Å². The van der Waals surface area contributed by atoms with Crippen LogP contribution in [0.3, 0.4) is 0 Å². The van der Waals surface area contributed by atoms with Gasteiger partial charge in [-0.25, -0.2) is 0 Å². The van der Waals surface area contributed by atoms with Crippen LogP contribution in [0.2, 0.25) is 0 Å². The number of rotatable bonds is 1. The van der Waals surface area contributed by atoms with Crippen LogP contribution in [0.5, 0.6) is 0 Å². The maximum atomic E-state index is 5.58. The zero-order valence-electron chi connectivity index (χ0n) is 7.33. The first kappa shape index (κ1) is 12.1. The van der Waals surface area contributed by atoms with Gasteiger partial charge in [0.25, 0.3) is 0 Å². The van der Waals surface area contributed by atoms with Crippen molar-refractivity contribution in [1.29, 1.82) is 0 Å². The zero-order valence-corrected chi connectivity index (χ0v) is 10.2. The molecule has 1 fully saturated rings. The van der Waals surface area contributed by atoms with Gasteiger partial charge in [0.05, 0.1) is 0 Å². The molecule has 1 rings (SSSR count). The van der Waals surface area contributed by atoms with E-state index in [0.29, 0.717) is 6.04 Å². The van der Waals surface area contributed by atoms with Gasteiger partial charge in [-0.1, -0.05) is 6.42 Å². The number of hydrogen-bond acceptors (Lipinski definition) is 2. The number of nitrogens with zero attached hydrogens (tertiary/aromatic N) is 2.